The van der Waals surface area contributed by atoms with E-state index in [1.165, 1.54) is 5.01 Å². The van der Waals surface area contributed by atoms with Gasteiger partial charge in [0.25, 0.3) is 0 Å². The van der Waals surface area contributed by atoms with Crippen molar-refractivity contribution in [3.63, 3.8) is 0 Å². The van der Waals surface area contributed by atoms with Gasteiger partial charge in [-0.15, -0.1) is 6.58 Å². The summed E-state index contributed by atoms with van der Waals surface area (Å²) in [6.07, 6.45) is 3.06. The van der Waals surface area contributed by atoms with Gasteiger partial charge in [-0.2, -0.15) is 5.01 Å². The van der Waals surface area contributed by atoms with Crippen molar-refractivity contribution in [2.75, 3.05) is 19.6 Å². The number of carbonyl (C=O) groups excluding carboxylic acids is 3. The molecule has 6 rings (SSSR count). The van der Waals surface area contributed by atoms with E-state index in [1.54, 1.807) is 51.3 Å². The van der Waals surface area contributed by atoms with Gasteiger partial charge in [-0.25, -0.2) is 4.79 Å². The monoisotopic (exact) mass is 590 g/mol. The van der Waals surface area contributed by atoms with Crippen LogP contribution in [0.15, 0.2) is 104 Å². The summed E-state index contributed by atoms with van der Waals surface area (Å²) in [7, 11) is 0. The summed E-state index contributed by atoms with van der Waals surface area (Å²) in [6, 6.07) is 24.9. The summed E-state index contributed by atoms with van der Waals surface area (Å²) in [5, 5.41) is 17.0. The Morgan fingerprint density at radius 1 is 1.00 bits per heavy atom. The zero-order valence-electron chi connectivity index (χ0n) is 24.3. The van der Waals surface area contributed by atoms with Gasteiger partial charge in [0.2, 0.25) is 11.8 Å². The molecule has 2 N–H and O–H groups in total. The first-order valence-corrected chi connectivity index (χ1v) is 14.6. The van der Waals surface area contributed by atoms with Gasteiger partial charge in [-0.3, -0.25) is 19.6 Å². The van der Waals surface area contributed by atoms with Crippen molar-refractivity contribution in [3.8, 4) is 5.75 Å². The zero-order chi connectivity index (χ0) is 30.6. The van der Waals surface area contributed by atoms with Crippen LogP contribution < -0.4 is 5.32 Å². The predicted octanol–water partition coefficient (Wildman–Crippen LogP) is 3.68. The fraction of sp³-hybridized carbons (Fsp3) is 0.235. The van der Waals surface area contributed by atoms with E-state index in [9.17, 15) is 19.5 Å². The number of phenols is 1. The Kier molecular flexibility index (Phi) is 8.25. The Hall–Kier alpha value is -5.22. The molecule has 2 saturated heterocycles. The van der Waals surface area contributed by atoms with Crippen LogP contribution in [0.2, 0.25) is 0 Å². The molecule has 10 heteroatoms. The molecule has 3 heterocycles. The summed E-state index contributed by atoms with van der Waals surface area (Å²) in [4.78, 5) is 49.1. The number of pyridine rings is 1. The molecule has 44 heavy (non-hydrogen) atoms. The van der Waals surface area contributed by atoms with Crippen molar-refractivity contribution in [3.05, 3.63) is 120 Å². The molecule has 0 saturated carbocycles. The van der Waals surface area contributed by atoms with Crippen LogP contribution >= 0.6 is 0 Å². The predicted molar refractivity (Wildman–Crippen MR) is 166 cm³/mol. The van der Waals surface area contributed by atoms with Crippen LogP contribution in [0.3, 0.4) is 0 Å². The van der Waals surface area contributed by atoms with Gasteiger partial charge < -0.3 is 20.2 Å². The molecule has 2 fully saturated rings. The van der Waals surface area contributed by atoms with E-state index in [-0.39, 0.29) is 49.7 Å². The smallest absolute Gasteiger partial charge is 0.332 e. The lowest BCUT2D eigenvalue weighted by molar-refractivity contribution is -0.157. The molecule has 1 aromatic heterocycles. The highest BCUT2D eigenvalue weighted by molar-refractivity contribution is 5.92. The molecule has 224 valence electrons. The topological polar surface area (TPSA) is 109 Å². The summed E-state index contributed by atoms with van der Waals surface area (Å²) < 4.78 is 0. The summed E-state index contributed by atoms with van der Waals surface area (Å²) >= 11 is 0. The number of urea groups is 1. The fourth-order valence-corrected chi connectivity index (χ4v) is 5.97. The number of carbonyl (C=O) groups is 3. The van der Waals surface area contributed by atoms with E-state index < -0.39 is 12.2 Å². The Balaban J connectivity index is 1.30. The number of benzene rings is 3. The Bertz CT molecular complexity index is 1680. The minimum atomic E-state index is -0.785. The van der Waals surface area contributed by atoms with Crippen LogP contribution in [-0.2, 0) is 29.1 Å². The number of hydrazine groups is 1. The quantitative estimate of drug-likeness (QED) is 0.288. The van der Waals surface area contributed by atoms with Crippen LogP contribution in [0.4, 0.5) is 4.79 Å². The van der Waals surface area contributed by atoms with Gasteiger partial charge in [-0.1, -0.05) is 66.7 Å². The zero-order valence-corrected chi connectivity index (χ0v) is 24.3. The molecule has 0 unspecified atom stereocenters. The van der Waals surface area contributed by atoms with E-state index >= 15 is 0 Å². The van der Waals surface area contributed by atoms with Gasteiger partial charge in [0.15, 0.2) is 0 Å². The van der Waals surface area contributed by atoms with Gasteiger partial charge in [0.05, 0.1) is 25.2 Å². The average Bonchev–Trinajstić information content (AvgIpc) is 3.37. The van der Waals surface area contributed by atoms with Crippen molar-refractivity contribution < 1.29 is 19.5 Å². The number of amides is 4. The van der Waals surface area contributed by atoms with Crippen LogP contribution in [-0.4, -0.2) is 79.6 Å². The molecule has 0 radical (unpaired) electrons. The van der Waals surface area contributed by atoms with E-state index in [0.717, 1.165) is 27.6 Å². The van der Waals surface area contributed by atoms with E-state index in [4.69, 9.17) is 0 Å². The third kappa shape index (κ3) is 5.97. The SMILES string of the molecule is C=CCN(C(=O)NCc1ccccc1)N1CC(=O)N2[C@@H](Cc3ccc(O)cc3)C(=O)N(Cc3ccc4cccnc4c3)C[C@@H]21. The van der Waals surface area contributed by atoms with Crippen molar-refractivity contribution in [2.45, 2.75) is 31.7 Å². The molecular weight excluding hydrogens is 556 g/mol. The maximum Gasteiger partial charge on any atom is 0.332 e. The standard InChI is InChI=1S/C34H34N6O4/c1-2-17-38(34(44)36-20-25-7-4-3-5-8-25)39-23-32(42)40-30(19-24-11-14-28(41)15-12-24)33(43)37(22-31(39)40)21-26-10-13-27-9-6-16-35-29(27)18-26/h2-16,18,30-31,41H,1,17,19-23H2,(H,36,44)/t30-,31+/m0/s1. The van der Waals surface area contributed by atoms with Crippen LogP contribution in [0.5, 0.6) is 5.75 Å². The van der Waals surface area contributed by atoms with Crippen molar-refractivity contribution in [2.24, 2.45) is 0 Å². The van der Waals surface area contributed by atoms with Gasteiger partial charge >= 0.3 is 6.03 Å². The largest absolute Gasteiger partial charge is 0.508 e. The lowest BCUT2D eigenvalue weighted by atomic mass is 9.99. The number of phenolic OH excluding ortho intramolecular Hbond substituents is 1. The number of aromatic hydroxyl groups is 1. The lowest BCUT2D eigenvalue weighted by Crippen LogP contribution is -2.66. The normalized spacial score (nSPS) is 18.4. The van der Waals surface area contributed by atoms with E-state index in [0.29, 0.717) is 13.1 Å². The lowest BCUT2D eigenvalue weighted by Gasteiger charge is -2.46. The average molecular weight is 591 g/mol. The highest BCUT2D eigenvalue weighted by atomic mass is 16.3. The second-order valence-electron chi connectivity index (χ2n) is 11.0. The van der Waals surface area contributed by atoms with Gasteiger partial charge in [0, 0.05) is 31.1 Å². The summed E-state index contributed by atoms with van der Waals surface area (Å²) in [5.74, 6) is -0.279. The third-order valence-electron chi connectivity index (χ3n) is 8.11. The molecule has 0 spiro atoms. The molecule has 10 nitrogen and oxygen atoms in total. The number of nitrogens with one attached hydrogen (secondary N) is 1. The minimum absolute atomic E-state index is 0.0512. The highest BCUT2D eigenvalue weighted by Gasteiger charge is 2.52. The van der Waals surface area contributed by atoms with E-state index in [1.807, 2.05) is 60.7 Å². The number of aromatic nitrogens is 1. The van der Waals surface area contributed by atoms with Gasteiger partial charge in [-0.05, 0) is 41.0 Å². The van der Waals surface area contributed by atoms with Crippen molar-refractivity contribution >= 4 is 28.7 Å². The number of hydrogen-bond acceptors (Lipinski definition) is 6. The first-order chi connectivity index (χ1) is 21.4. The number of piperazine rings is 1. The fourth-order valence-electron chi connectivity index (χ4n) is 5.97. The molecule has 2 atom stereocenters. The first kappa shape index (κ1) is 28.9. The van der Waals surface area contributed by atoms with Crippen molar-refractivity contribution in [1.29, 1.82) is 0 Å². The maximum absolute atomic E-state index is 14.1. The highest BCUT2D eigenvalue weighted by Crippen LogP contribution is 2.31. The molecule has 0 bridgehead atoms. The maximum atomic E-state index is 14.1. The second-order valence-corrected chi connectivity index (χ2v) is 11.0. The molecule has 4 aromatic rings. The van der Waals surface area contributed by atoms with Crippen molar-refractivity contribution in [1.82, 2.24) is 30.1 Å². The molecule has 2 aliphatic rings. The second kappa shape index (κ2) is 12.6. The molecule has 4 amide bonds. The van der Waals surface area contributed by atoms with Crippen LogP contribution in [0.1, 0.15) is 16.7 Å². The summed E-state index contributed by atoms with van der Waals surface area (Å²) in [5.41, 5.74) is 3.51. The summed E-state index contributed by atoms with van der Waals surface area (Å²) in [6.45, 7) is 4.85. The third-order valence-corrected chi connectivity index (χ3v) is 8.11. The molecular formula is C34H34N6O4. The molecule has 0 aliphatic carbocycles. The number of fused-ring (bicyclic) bond motifs is 2. The van der Waals surface area contributed by atoms with Crippen LogP contribution in [0.25, 0.3) is 10.9 Å². The number of rotatable bonds is 9. The number of nitrogens with zero attached hydrogens (tertiary/aromatic N) is 5. The first-order valence-electron chi connectivity index (χ1n) is 14.6. The van der Waals surface area contributed by atoms with Gasteiger partial charge in [0.1, 0.15) is 18.0 Å². The van der Waals surface area contributed by atoms with Crippen LogP contribution in [0, 0.1) is 0 Å². The number of hydrogen-bond donors (Lipinski definition) is 2. The molecule has 3 aromatic carbocycles. The Labute approximate surface area is 255 Å². The van der Waals surface area contributed by atoms with E-state index in [2.05, 4.69) is 16.9 Å². The Morgan fingerprint density at radius 2 is 1.77 bits per heavy atom. The molecule has 2 aliphatic heterocycles. The minimum Gasteiger partial charge on any atom is -0.508 e. The Morgan fingerprint density at radius 3 is 2.55 bits per heavy atom.